The van der Waals surface area contributed by atoms with Gasteiger partial charge in [0.2, 0.25) is 5.91 Å². The summed E-state index contributed by atoms with van der Waals surface area (Å²) < 4.78 is 26.6. The molecule has 10 heteroatoms. The van der Waals surface area contributed by atoms with Crippen molar-refractivity contribution in [3.8, 4) is 0 Å². The van der Waals surface area contributed by atoms with Gasteiger partial charge >= 0.3 is 13.8 Å². The average molecular weight is 604 g/mol. The van der Waals surface area contributed by atoms with Crippen LogP contribution in [0.1, 0.15) is 129 Å². The molecular weight excluding hydrogens is 545 g/mol. The van der Waals surface area contributed by atoms with Gasteiger partial charge in [-0.05, 0) is 51.4 Å². The van der Waals surface area contributed by atoms with Crippen LogP contribution in [0.5, 0.6) is 0 Å². The molecule has 0 saturated carbocycles. The molecule has 240 valence electrons. The first-order valence-electron chi connectivity index (χ1n) is 15.8. The molecule has 3 N–H and O–H groups in total. The molecule has 41 heavy (non-hydrogen) atoms. The largest absolute Gasteiger partial charge is 0.472 e. The molecule has 0 aromatic heterocycles. The topological polar surface area (TPSA) is 131 Å². The van der Waals surface area contributed by atoms with Crippen LogP contribution in [0.3, 0.4) is 0 Å². The van der Waals surface area contributed by atoms with Crippen LogP contribution >= 0.6 is 7.82 Å². The molecule has 2 atom stereocenters. The number of hydrogen-bond donors (Lipinski definition) is 3. The highest BCUT2D eigenvalue weighted by atomic mass is 31.2. The van der Waals surface area contributed by atoms with Gasteiger partial charge < -0.3 is 20.1 Å². The van der Waals surface area contributed by atoms with Crippen LogP contribution < -0.4 is 5.32 Å². The SMILES string of the molecule is CCC/C=C\CCCCCCCC(=O)NCCOP(=O)(O)OCC(O)COC(=O)CCCCCCC/C=C\CCC. The fourth-order valence-corrected chi connectivity index (χ4v) is 4.67. The summed E-state index contributed by atoms with van der Waals surface area (Å²) >= 11 is 0. The summed E-state index contributed by atoms with van der Waals surface area (Å²) in [5.74, 6) is -0.543. The number of allylic oxidation sites excluding steroid dienone is 4. The summed E-state index contributed by atoms with van der Waals surface area (Å²) in [6.45, 7) is 3.36. The van der Waals surface area contributed by atoms with Gasteiger partial charge in [-0.1, -0.05) is 89.5 Å². The fraction of sp³-hybridized carbons (Fsp3) is 0.806. The van der Waals surface area contributed by atoms with Gasteiger partial charge in [-0.15, -0.1) is 0 Å². The van der Waals surface area contributed by atoms with Gasteiger partial charge in [0.05, 0.1) is 13.2 Å². The van der Waals surface area contributed by atoms with Crippen LogP contribution in [0.25, 0.3) is 0 Å². The summed E-state index contributed by atoms with van der Waals surface area (Å²) in [5.41, 5.74) is 0. The van der Waals surface area contributed by atoms with Crippen LogP contribution in [0, 0.1) is 0 Å². The molecule has 0 heterocycles. The van der Waals surface area contributed by atoms with Crippen LogP contribution in [0.4, 0.5) is 0 Å². The Balaban J connectivity index is 3.69. The zero-order valence-corrected chi connectivity index (χ0v) is 26.6. The molecule has 9 nitrogen and oxygen atoms in total. The van der Waals surface area contributed by atoms with Crippen molar-refractivity contribution in [3.63, 3.8) is 0 Å². The molecule has 0 aromatic rings. The Morgan fingerprint density at radius 3 is 1.83 bits per heavy atom. The minimum absolute atomic E-state index is 0.0764. The molecule has 2 unspecified atom stereocenters. The van der Waals surface area contributed by atoms with E-state index in [0.717, 1.165) is 83.5 Å². The Bertz CT molecular complexity index is 744. The highest BCUT2D eigenvalue weighted by molar-refractivity contribution is 7.47. The molecule has 0 spiro atoms. The average Bonchev–Trinajstić information content (AvgIpc) is 2.95. The number of aliphatic hydroxyl groups is 1. The predicted octanol–water partition coefficient (Wildman–Crippen LogP) is 7.31. The van der Waals surface area contributed by atoms with Gasteiger partial charge in [-0.3, -0.25) is 18.6 Å². The van der Waals surface area contributed by atoms with E-state index in [2.05, 4.69) is 43.5 Å². The lowest BCUT2D eigenvalue weighted by molar-refractivity contribution is -0.147. The summed E-state index contributed by atoms with van der Waals surface area (Å²) in [7, 11) is -4.40. The number of carbonyl (C=O) groups is 2. The number of ether oxygens (including phenoxy) is 1. The van der Waals surface area contributed by atoms with Crippen molar-refractivity contribution in [2.45, 2.75) is 136 Å². The third-order valence-corrected chi connectivity index (χ3v) is 7.30. The van der Waals surface area contributed by atoms with Crippen molar-refractivity contribution in [2.75, 3.05) is 26.4 Å². The number of aliphatic hydroxyl groups excluding tert-OH is 1. The van der Waals surface area contributed by atoms with Crippen LogP contribution in [-0.4, -0.2) is 54.3 Å². The third-order valence-electron chi connectivity index (χ3n) is 6.32. The zero-order chi connectivity index (χ0) is 30.4. The zero-order valence-electron chi connectivity index (χ0n) is 25.7. The Morgan fingerprint density at radius 1 is 0.732 bits per heavy atom. The summed E-state index contributed by atoms with van der Waals surface area (Å²) in [6, 6.07) is 0. The maximum Gasteiger partial charge on any atom is 0.472 e. The molecule has 0 fully saturated rings. The molecule has 0 aliphatic carbocycles. The number of phosphoric acid groups is 1. The van der Waals surface area contributed by atoms with Crippen molar-refractivity contribution in [2.24, 2.45) is 0 Å². The smallest absolute Gasteiger partial charge is 0.463 e. The second kappa shape index (κ2) is 28.6. The van der Waals surface area contributed by atoms with E-state index in [9.17, 15) is 24.2 Å². The third kappa shape index (κ3) is 29.8. The lowest BCUT2D eigenvalue weighted by Crippen LogP contribution is -2.27. The number of amides is 1. The molecular formula is C31H58NO8P. The minimum atomic E-state index is -4.40. The van der Waals surface area contributed by atoms with E-state index >= 15 is 0 Å². The highest BCUT2D eigenvalue weighted by Crippen LogP contribution is 2.42. The predicted molar refractivity (Wildman–Crippen MR) is 164 cm³/mol. The Labute approximate surface area is 249 Å². The first-order valence-corrected chi connectivity index (χ1v) is 17.3. The van der Waals surface area contributed by atoms with Crippen LogP contribution in [0.2, 0.25) is 0 Å². The molecule has 0 rings (SSSR count). The van der Waals surface area contributed by atoms with Crippen molar-refractivity contribution >= 4 is 19.7 Å². The minimum Gasteiger partial charge on any atom is -0.463 e. The molecule has 0 aliphatic heterocycles. The van der Waals surface area contributed by atoms with Gasteiger partial charge in [0.1, 0.15) is 12.7 Å². The van der Waals surface area contributed by atoms with Gasteiger partial charge in [-0.2, -0.15) is 0 Å². The van der Waals surface area contributed by atoms with Gasteiger partial charge in [0.15, 0.2) is 0 Å². The number of carbonyl (C=O) groups excluding carboxylic acids is 2. The first kappa shape index (κ1) is 39.5. The summed E-state index contributed by atoms with van der Waals surface area (Å²) in [4.78, 5) is 33.5. The van der Waals surface area contributed by atoms with Gasteiger partial charge in [0.25, 0.3) is 0 Å². The lowest BCUT2D eigenvalue weighted by atomic mass is 10.1. The Morgan fingerprint density at radius 2 is 1.24 bits per heavy atom. The lowest BCUT2D eigenvalue weighted by Gasteiger charge is -2.15. The Kier molecular flexibility index (Phi) is 27.5. The number of phosphoric ester groups is 1. The normalized spacial score (nSPS) is 14.0. The van der Waals surface area contributed by atoms with E-state index in [1.165, 1.54) is 19.3 Å². The quantitative estimate of drug-likeness (QED) is 0.0351. The standard InChI is InChI=1S/C31H58NO8P/c1-3-5-7-9-11-13-15-17-19-21-23-30(34)32-25-26-39-41(36,37)40-28-29(33)27-38-31(35)24-22-20-18-16-14-12-10-8-6-4-2/h7-10,29,33H,3-6,11-28H2,1-2H3,(H,32,34)(H,36,37)/b9-7-,10-8-. The second-order valence-electron chi connectivity index (χ2n) is 10.4. The summed E-state index contributed by atoms with van der Waals surface area (Å²) in [6.07, 6.45) is 25.5. The number of esters is 1. The first-order chi connectivity index (χ1) is 19.8. The van der Waals surface area contributed by atoms with Crippen LogP contribution in [-0.2, 0) is 27.9 Å². The van der Waals surface area contributed by atoms with Crippen molar-refractivity contribution < 1.29 is 37.9 Å². The molecule has 0 aliphatic rings. The molecule has 0 bridgehead atoms. The number of unbranched alkanes of at least 4 members (excludes halogenated alkanes) is 12. The van der Waals surface area contributed by atoms with Crippen molar-refractivity contribution in [1.82, 2.24) is 5.32 Å². The van der Waals surface area contributed by atoms with Crippen LogP contribution in [0.15, 0.2) is 24.3 Å². The maximum atomic E-state index is 12.0. The van der Waals surface area contributed by atoms with Gasteiger partial charge in [-0.25, -0.2) is 4.57 Å². The second-order valence-corrected chi connectivity index (χ2v) is 11.9. The van der Waals surface area contributed by atoms with E-state index in [1.807, 2.05) is 0 Å². The summed E-state index contributed by atoms with van der Waals surface area (Å²) in [5, 5.41) is 12.5. The van der Waals surface area contributed by atoms with Crippen molar-refractivity contribution in [3.05, 3.63) is 24.3 Å². The van der Waals surface area contributed by atoms with E-state index in [4.69, 9.17) is 13.8 Å². The fourth-order valence-electron chi connectivity index (χ4n) is 3.91. The van der Waals surface area contributed by atoms with E-state index in [1.54, 1.807) is 0 Å². The van der Waals surface area contributed by atoms with E-state index < -0.39 is 26.5 Å². The number of rotatable bonds is 29. The van der Waals surface area contributed by atoms with Gasteiger partial charge in [0, 0.05) is 19.4 Å². The molecule has 0 radical (unpaired) electrons. The highest BCUT2D eigenvalue weighted by Gasteiger charge is 2.23. The molecule has 0 saturated heterocycles. The number of nitrogens with one attached hydrogen (secondary N) is 1. The van der Waals surface area contributed by atoms with E-state index in [-0.39, 0.29) is 32.1 Å². The Hall–Kier alpha value is -1.51. The molecule has 1 amide bonds. The van der Waals surface area contributed by atoms with E-state index in [0.29, 0.717) is 6.42 Å². The monoisotopic (exact) mass is 603 g/mol. The maximum absolute atomic E-state index is 12.0. The van der Waals surface area contributed by atoms with Crippen molar-refractivity contribution in [1.29, 1.82) is 0 Å². The number of hydrogen-bond acceptors (Lipinski definition) is 7. The molecule has 0 aromatic carbocycles.